The number of nitrogens with zero attached hydrogens (tertiary/aromatic N) is 1. The summed E-state index contributed by atoms with van der Waals surface area (Å²) in [5, 5.41) is 9.23. The number of benzene rings is 2. The second-order valence-electron chi connectivity index (χ2n) is 6.62. The van der Waals surface area contributed by atoms with Gasteiger partial charge in [0.05, 0.1) is 5.92 Å². The third kappa shape index (κ3) is 5.45. The SMILES string of the molecule is O=C(O)C1CCCN(CCC=C(c2ccccc2)c2ccccc2)C1.[Cl-]. The average molecular weight is 371 g/mol. The summed E-state index contributed by atoms with van der Waals surface area (Å²) in [5.41, 5.74) is 3.68. The Hall–Kier alpha value is -2.10. The highest BCUT2D eigenvalue weighted by atomic mass is 35.5. The number of hydrogen-bond acceptors (Lipinski definition) is 2. The van der Waals surface area contributed by atoms with Crippen molar-refractivity contribution in [1.29, 1.82) is 0 Å². The molecule has 1 aliphatic rings. The van der Waals surface area contributed by atoms with E-state index in [1.54, 1.807) is 0 Å². The number of halogens is 1. The van der Waals surface area contributed by atoms with Crippen LogP contribution < -0.4 is 12.4 Å². The summed E-state index contributed by atoms with van der Waals surface area (Å²) >= 11 is 0. The van der Waals surface area contributed by atoms with Crippen LogP contribution in [0.1, 0.15) is 30.4 Å². The molecule has 138 valence electrons. The molecule has 2 aromatic rings. The first-order valence-electron chi connectivity index (χ1n) is 9.00. The molecule has 4 heteroatoms. The van der Waals surface area contributed by atoms with Crippen molar-refractivity contribution in [3.05, 3.63) is 77.9 Å². The van der Waals surface area contributed by atoms with Gasteiger partial charge >= 0.3 is 5.97 Å². The standard InChI is InChI=1S/C22H25NO2.ClH/c24-22(25)20-13-7-15-23(17-20)16-8-14-21(18-9-3-1-4-10-18)19-11-5-2-6-12-19;/h1-6,9-12,14,20H,7-8,13,15-17H2,(H,24,25);1H/p-1. The molecule has 0 bridgehead atoms. The van der Waals surface area contributed by atoms with Gasteiger partial charge in [-0.2, -0.15) is 0 Å². The summed E-state index contributed by atoms with van der Waals surface area (Å²) in [6.07, 6.45) is 4.99. The molecule has 0 radical (unpaired) electrons. The van der Waals surface area contributed by atoms with Crippen molar-refractivity contribution in [3.8, 4) is 0 Å². The van der Waals surface area contributed by atoms with E-state index in [4.69, 9.17) is 0 Å². The lowest BCUT2D eigenvalue weighted by Crippen LogP contribution is -3.00. The van der Waals surface area contributed by atoms with Gasteiger partial charge in [-0.1, -0.05) is 66.7 Å². The molecular weight excluding hydrogens is 346 g/mol. The number of rotatable bonds is 6. The van der Waals surface area contributed by atoms with Crippen LogP contribution in [0.15, 0.2) is 66.7 Å². The molecule has 0 aromatic heterocycles. The third-order valence-electron chi connectivity index (χ3n) is 4.82. The van der Waals surface area contributed by atoms with Crippen LogP contribution in [0.3, 0.4) is 0 Å². The zero-order valence-electron chi connectivity index (χ0n) is 14.9. The Morgan fingerprint density at radius 1 is 1.04 bits per heavy atom. The quantitative estimate of drug-likeness (QED) is 0.833. The van der Waals surface area contributed by atoms with Crippen LogP contribution in [-0.2, 0) is 4.79 Å². The van der Waals surface area contributed by atoms with Crippen LogP contribution in [-0.4, -0.2) is 35.6 Å². The minimum atomic E-state index is -0.658. The summed E-state index contributed by atoms with van der Waals surface area (Å²) in [6, 6.07) is 20.9. The lowest BCUT2D eigenvalue weighted by molar-refractivity contribution is -0.143. The Labute approximate surface area is 161 Å². The van der Waals surface area contributed by atoms with Gasteiger partial charge in [0, 0.05) is 13.1 Å². The fourth-order valence-electron chi connectivity index (χ4n) is 3.49. The maximum Gasteiger partial charge on any atom is 0.307 e. The van der Waals surface area contributed by atoms with Crippen LogP contribution in [0.2, 0.25) is 0 Å². The molecule has 3 rings (SSSR count). The molecule has 1 N–H and O–H groups in total. The lowest BCUT2D eigenvalue weighted by atomic mass is 9.96. The fourth-order valence-corrected chi connectivity index (χ4v) is 3.49. The zero-order valence-corrected chi connectivity index (χ0v) is 15.6. The van der Waals surface area contributed by atoms with Gasteiger partial charge in [-0.3, -0.25) is 4.79 Å². The summed E-state index contributed by atoms with van der Waals surface area (Å²) < 4.78 is 0. The Bertz CT molecular complexity index is 674. The van der Waals surface area contributed by atoms with Crippen molar-refractivity contribution >= 4 is 11.5 Å². The predicted molar refractivity (Wildman–Crippen MR) is 101 cm³/mol. The van der Waals surface area contributed by atoms with Crippen molar-refractivity contribution in [2.24, 2.45) is 5.92 Å². The van der Waals surface area contributed by atoms with Gasteiger partial charge in [0.25, 0.3) is 0 Å². The molecule has 2 aromatic carbocycles. The van der Waals surface area contributed by atoms with E-state index >= 15 is 0 Å². The normalized spacial score (nSPS) is 17.2. The molecule has 26 heavy (non-hydrogen) atoms. The minimum Gasteiger partial charge on any atom is -1.00 e. The second-order valence-corrected chi connectivity index (χ2v) is 6.62. The molecule has 0 amide bonds. The first-order chi connectivity index (χ1) is 12.2. The highest BCUT2D eigenvalue weighted by Gasteiger charge is 2.24. The van der Waals surface area contributed by atoms with Gasteiger partial charge in [0.15, 0.2) is 0 Å². The van der Waals surface area contributed by atoms with Crippen molar-refractivity contribution < 1.29 is 22.3 Å². The average Bonchev–Trinajstić information content (AvgIpc) is 2.67. The van der Waals surface area contributed by atoms with Crippen LogP contribution in [0.4, 0.5) is 0 Å². The molecule has 0 saturated carbocycles. The summed E-state index contributed by atoms with van der Waals surface area (Å²) in [5.74, 6) is -0.866. The Balaban J connectivity index is 0.00000243. The van der Waals surface area contributed by atoms with Gasteiger partial charge in [-0.25, -0.2) is 0 Å². The smallest absolute Gasteiger partial charge is 0.307 e. The Morgan fingerprint density at radius 2 is 1.62 bits per heavy atom. The van der Waals surface area contributed by atoms with E-state index in [2.05, 4.69) is 59.5 Å². The molecule has 1 heterocycles. The van der Waals surface area contributed by atoms with Crippen molar-refractivity contribution in [3.63, 3.8) is 0 Å². The Kier molecular flexibility index (Phi) is 7.89. The molecule has 1 fully saturated rings. The first kappa shape index (κ1) is 20.2. The first-order valence-corrected chi connectivity index (χ1v) is 9.00. The summed E-state index contributed by atoms with van der Waals surface area (Å²) in [6.45, 7) is 2.59. The van der Waals surface area contributed by atoms with Crippen molar-refractivity contribution in [2.45, 2.75) is 19.3 Å². The highest BCUT2D eigenvalue weighted by molar-refractivity contribution is 5.79. The van der Waals surface area contributed by atoms with Gasteiger partial charge < -0.3 is 22.4 Å². The van der Waals surface area contributed by atoms with E-state index < -0.39 is 5.97 Å². The van der Waals surface area contributed by atoms with Gasteiger partial charge in [0.1, 0.15) is 0 Å². The van der Waals surface area contributed by atoms with E-state index in [0.29, 0.717) is 6.54 Å². The van der Waals surface area contributed by atoms with Crippen LogP contribution >= 0.6 is 0 Å². The Morgan fingerprint density at radius 3 is 2.15 bits per heavy atom. The van der Waals surface area contributed by atoms with E-state index in [1.165, 1.54) is 16.7 Å². The molecule has 1 aliphatic heterocycles. The van der Waals surface area contributed by atoms with E-state index in [9.17, 15) is 9.90 Å². The maximum atomic E-state index is 11.2. The monoisotopic (exact) mass is 370 g/mol. The van der Waals surface area contributed by atoms with E-state index in [-0.39, 0.29) is 18.3 Å². The summed E-state index contributed by atoms with van der Waals surface area (Å²) in [4.78, 5) is 13.5. The lowest BCUT2D eigenvalue weighted by Gasteiger charge is -2.30. The van der Waals surface area contributed by atoms with Crippen molar-refractivity contribution in [1.82, 2.24) is 4.90 Å². The number of likely N-dealkylation sites (tertiary alicyclic amines) is 1. The number of carboxylic acid groups (broad SMARTS) is 1. The number of piperidine rings is 1. The predicted octanol–water partition coefficient (Wildman–Crippen LogP) is 1.31. The number of aliphatic carboxylic acids is 1. The fraction of sp³-hybridized carbons (Fsp3) is 0.318. The van der Waals surface area contributed by atoms with Gasteiger partial charge in [-0.15, -0.1) is 0 Å². The van der Waals surface area contributed by atoms with Gasteiger partial charge in [0.2, 0.25) is 0 Å². The molecule has 1 unspecified atom stereocenters. The molecule has 1 atom stereocenters. The number of hydrogen-bond donors (Lipinski definition) is 1. The van der Waals surface area contributed by atoms with Gasteiger partial charge in [-0.05, 0) is 42.5 Å². The van der Waals surface area contributed by atoms with E-state index in [1.807, 2.05) is 12.1 Å². The van der Waals surface area contributed by atoms with Crippen molar-refractivity contribution in [2.75, 3.05) is 19.6 Å². The highest BCUT2D eigenvalue weighted by Crippen LogP contribution is 2.24. The van der Waals surface area contributed by atoms with E-state index in [0.717, 1.165) is 32.4 Å². The molecule has 1 saturated heterocycles. The number of carboxylic acids is 1. The third-order valence-corrected chi connectivity index (χ3v) is 4.82. The van der Waals surface area contributed by atoms with Crippen LogP contribution in [0, 0.1) is 5.92 Å². The molecule has 0 spiro atoms. The second kappa shape index (κ2) is 10.1. The minimum absolute atomic E-state index is 0. The summed E-state index contributed by atoms with van der Waals surface area (Å²) in [7, 11) is 0. The largest absolute Gasteiger partial charge is 1.00 e. The van der Waals surface area contributed by atoms with Crippen LogP contribution in [0.5, 0.6) is 0 Å². The van der Waals surface area contributed by atoms with Crippen LogP contribution in [0.25, 0.3) is 5.57 Å². The molecule has 0 aliphatic carbocycles. The molecule has 3 nitrogen and oxygen atoms in total. The zero-order chi connectivity index (χ0) is 17.5. The number of carbonyl (C=O) groups is 1. The molecular formula is C22H25ClNO2-. The topological polar surface area (TPSA) is 40.5 Å². The maximum absolute atomic E-state index is 11.2.